The molecule has 0 aliphatic rings. The number of thiophene rings is 1. The summed E-state index contributed by atoms with van der Waals surface area (Å²) in [5.41, 5.74) is 2.35. The van der Waals surface area contributed by atoms with Gasteiger partial charge < -0.3 is 10.6 Å². The Labute approximate surface area is 145 Å². The Morgan fingerprint density at radius 2 is 2.00 bits per heavy atom. The molecule has 7 heteroatoms. The van der Waals surface area contributed by atoms with Crippen LogP contribution in [0, 0.1) is 6.92 Å². The molecule has 3 rings (SSSR count). The summed E-state index contributed by atoms with van der Waals surface area (Å²) in [6, 6.07) is 6.15. The number of aryl methyl sites for hydroxylation is 1. The fourth-order valence-corrected chi connectivity index (χ4v) is 2.94. The summed E-state index contributed by atoms with van der Waals surface area (Å²) in [5, 5.41) is 10.8. The van der Waals surface area contributed by atoms with E-state index in [1.165, 1.54) is 5.56 Å². The van der Waals surface area contributed by atoms with E-state index in [0.29, 0.717) is 6.54 Å². The van der Waals surface area contributed by atoms with Crippen LogP contribution >= 0.6 is 11.3 Å². The van der Waals surface area contributed by atoms with Crippen molar-refractivity contribution in [3.05, 3.63) is 64.5 Å². The summed E-state index contributed by atoms with van der Waals surface area (Å²) in [4.78, 5) is 12.9. The van der Waals surface area contributed by atoms with Crippen LogP contribution < -0.4 is 10.6 Å². The fraction of sp³-hybridized carbons (Fsp3) is 0.235. The second-order valence-corrected chi connectivity index (χ2v) is 6.06. The Bertz CT molecular complexity index is 789. The van der Waals surface area contributed by atoms with Gasteiger partial charge >= 0.3 is 0 Å². The molecule has 0 spiro atoms. The van der Waals surface area contributed by atoms with Crippen LogP contribution in [0.3, 0.4) is 0 Å². The average Bonchev–Trinajstić information content (AvgIpc) is 3.27. The number of pyridine rings is 1. The predicted octanol–water partition coefficient (Wildman–Crippen LogP) is 2.50. The number of guanidine groups is 1. The van der Waals surface area contributed by atoms with Crippen molar-refractivity contribution in [1.29, 1.82) is 0 Å². The molecule has 0 radical (unpaired) electrons. The van der Waals surface area contributed by atoms with Gasteiger partial charge in [0, 0.05) is 38.7 Å². The largest absolute Gasteiger partial charge is 0.352 e. The van der Waals surface area contributed by atoms with Crippen molar-refractivity contribution in [3.8, 4) is 5.82 Å². The average molecular weight is 340 g/mol. The van der Waals surface area contributed by atoms with Crippen molar-refractivity contribution < 1.29 is 0 Å². The molecule has 0 fully saturated rings. The van der Waals surface area contributed by atoms with Gasteiger partial charge in [-0.05, 0) is 40.9 Å². The van der Waals surface area contributed by atoms with Crippen LogP contribution in [0.2, 0.25) is 0 Å². The Morgan fingerprint density at radius 1 is 1.17 bits per heavy atom. The molecule has 0 saturated heterocycles. The van der Waals surface area contributed by atoms with Crippen LogP contribution in [0.5, 0.6) is 0 Å². The first-order valence-electron chi connectivity index (χ1n) is 7.67. The first-order valence-corrected chi connectivity index (χ1v) is 8.61. The lowest BCUT2D eigenvalue weighted by Crippen LogP contribution is -2.36. The third-order valence-electron chi connectivity index (χ3n) is 3.61. The molecule has 24 heavy (non-hydrogen) atoms. The first-order chi connectivity index (χ1) is 11.8. The number of hydrogen-bond donors (Lipinski definition) is 2. The highest BCUT2D eigenvalue weighted by molar-refractivity contribution is 7.07. The van der Waals surface area contributed by atoms with Crippen LogP contribution in [-0.4, -0.2) is 27.5 Å². The summed E-state index contributed by atoms with van der Waals surface area (Å²) in [6.45, 7) is 3.39. The van der Waals surface area contributed by atoms with Crippen molar-refractivity contribution in [3.63, 3.8) is 0 Å². The number of imidazole rings is 1. The summed E-state index contributed by atoms with van der Waals surface area (Å²) in [7, 11) is 1.77. The smallest absolute Gasteiger partial charge is 0.191 e. The van der Waals surface area contributed by atoms with Gasteiger partial charge in [-0.1, -0.05) is 6.07 Å². The van der Waals surface area contributed by atoms with Gasteiger partial charge in [-0.25, -0.2) is 9.97 Å². The molecule has 0 unspecified atom stereocenters. The molecule has 6 nitrogen and oxygen atoms in total. The van der Waals surface area contributed by atoms with E-state index in [1.807, 2.05) is 30.0 Å². The molecule has 3 aromatic rings. The Morgan fingerprint density at radius 3 is 2.58 bits per heavy atom. The second-order valence-electron chi connectivity index (χ2n) is 5.28. The zero-order valence-corrected chi connectivity index (χ0v) is 14.5. The molecule has 0 aromatic carbocycles. The van der Waals surface area contributed by atoms with Crippen LogP contribution in [0.15, 0.2) is 52.5 Å². The maximum Gasteiger partial charge on any atom is 0.191 e. The minimum Gasteiger partial charge on any atom is -0.352 e. The molecule has 0 saturated carbocycles. The van der Waals surface area contributed by atoms with Crippen molar-refractivity contribution in [2.45, 2.75) is 20.0 Å². The second kappa shape index (κ2) is 7.74. The van der Waals surface area contributed by atoms with E-state index in [4.69, 9.17) is 0 Å². The lowest BCUT2D eigenvalue weighted by molar-refractivity contribution is 0.806. The van der Waals surface area contributed by atoms with E-state index in [-0.39, 0.29) is 0 Å². The van der Waals surface area contributed by atoms with Gasteiger partial charge in [-0.2, -0.15) is 11.3 Å². The fourth-order valence-electron chi connectivity index (χ4n) is 2.27. The van der Waals surface area contributed by atoms with Gasteiger partial charge in [0.2, 0.25) is 0 Å². The van der Waals surface area contributed by atoms with Crippen molar-refractivity contribution in [2.75, 3.05) is 7.05 Å². The van der Waals surface area contributed by atoms with Crippen molar-refractivity contribution in [2.24, 2.45) is 4.99 Å². The van der Waals surface area contributed by atoms with Gasteiger partial charge in [0.1, 0.15) is 11.6 Å². The lowest BCUT2D eigenvalue weighted by atomic mass is 10.3. The molecular weight excluding hydrogens is 320 g/mol. The van der Waals surface area contributed by atoms with Crippen LogP contribution in [0.4, 0.5) is 0 Å². The third-order valence-corrected chi connectivity index (χ3v) is 4.34. The Kier molecular flexibility index (Phi) is 5.22. The molecule has 0 aliphatic carbocycles. The molecule has 0 aliphatic heterocycles. The zero-order valence-electron chi connectivity index (χ0n) is 13.7. The predicted molar refractivity (Wildman–Crippen MR) is 97.5 cm³/mol. The van der Waals surface area contributed by atoms with E-state index in [0.717, 1.165) is 29.7 Å². The summed E-state index contributed by atoms with van der Waals surface area (Å²) in [5.74, 6) is 2.57. The highest BCUT2D eigenvalue weighted by Gasteiger charge is 2.03. The van der Waals surface area contributed by atoms with Crippen LogP contribution in [0.25, 0.3) is 5.82 Å². The SMILES string of the molecule is CN=C(NCc1ccc(-n2ccnc2C)nc1)NCc1ccsc1. The number of nitrogens with zero attached hydrogens (tertiary/aromatic N) is 4. The van der Waals surface area contributed by atoms with Gasteiger partial charge in [-0.3, -0.25) is 9.56 Å². The van der Waals surface area contributed by atoms with Gasteiger partial charge in [0.15, 0.2) is 5.96 Å². The van der Waals surface area contributed by atoms with Gasteiger partial charge in [0.05, 0.1) is 0 Å². The zero-order chi connectivity index (χ0) is 16.8. The van der Waals surface area contributed by atoms with E-state index in [9.17, 15) is 0 Å². The van der Waals surface area contributed by atoms with Crippen molar-refractivity contribution in [1.82, 2.24) is 25.2 Å². The number of rotatable bonds is 5. The number of nitrogens with one attached hydrogen (secondary N) is 2. The molecule has 0 amide bonds. The lowest BCUT2D eigenvalue weighted by Gasteiger charge is -2.11. The normalized spacial score (nSPS) is 11.5. The Hall–Kier alpha value is -2.67. The maximum absolute atomic E-state index is 4.50. The standard InChI is InChI=1S/C17H20N6S/c1-13-19-6-7-23(13)16-4-3-14(9-20-16)10-21-17(18-2)22-11-15-5-8-24-12-15/h3-9,12H,10-11H2,1-2H3,(H2,18,21,22). The van der Waals surface area contributed by atoms with Crippen LogP contribution in [-0.2, 0) is 13.1 Å². The molecule has 0 atom stereocenters. The topological polar surface area (TPSA) is 67.1 Å². The summed E-state index contributed by atoms with van der Waals surface area (Å²) in [6.07, 6.45) is 5.55. The number of aromatic nitrogens is 3. The van der Waals surface area contributed by atoms with Gasteiger partial charge in [0.25, 0.3) is 0 Å². The first kappa shape index (κ1) is 16.2. The highest BCUT2D eigenvalue weighted by atomic mass is 32.1. The Balaban J connectivity index is 1.55. The van der Waals surface area contributed by atoms with Crippen LogP contribution in [0.1, 0.15) is 17.0 Å². The molecule has 2 N–H and O–H groups in total. The van der Waals surface area contributed by atoms with E-state index in [1.54, 1.807) is 24.6 Å². The summed E-state index contributed by atoms with van der Waals surface area (Å²) >= 11 is 1.70. The molecule has 124 valence electrons. The van der Waals surface area contributed by atoms with E-state index in [2.05, 4.69) is 48.5 Å². The number of aliphatic imine (C=N–C) groups is 1. The van der Waals surface area contributed by atoms with E-state index < -0.39 is 0 Å². The third kappa shape index (κ3) is 3.99. The minimum absolute atomic E-state index is 0.666. The summed E-state index contributed by atoms with van der Waals surface area (Å²) < 4.78 is 1.96. The minimum atomic E-state index is 0.666. The molecule has 0 bridgehead atoms. The monoisotopic (exact) mass is 340 g/mol. The van der Waals surface area contributed by atoms with Crippen molar-refractivity contribution >= 4 is 17.3 Å². The van der Waals surface area contributed by atoms with E-state index >= 15 is 0 Å². The molecular formula is C17H20N6S. The number of hydrogen-bond acceptors (Lipinski definition) is 4. The highest BCUT2D eigenvalue weighted by Crippen LogP contribution is 2.08. The molecule has 3 heterocycles. The maximum atomic E-state index is 4.50. The molecule has 3 aromatic heterocycles. The quantitative estimate of drug-likeness (QED) is 0.553. The van der Waals surface area contributed by atoms with Gasteiger partial charge in [-0.15, -0.1) is 0 Å².